The Bertz CT molecular complexity index is 1830. The number of hydrogen-bond donors (Lipinski definition) is 7. The summed E-state index contributed by atoms with van der Waals surface area (Å²) in [6, 6.07) is 8.11. The number of likely N-dealkylation sites (N-methyl/N-ethyl adjacent to an activating group) is 1. The number of aromatic hydroxyl groups is 1. The average molecular weight is 716 g/mol. The number of rotatable bonds is 11. The van der Waals surface area contributed by atoms with E-state index in [0.29, 0.717) is 16.9 Å². The second-order valence-corrected chi connectivity index (χ2v) is 14.8. The number of anilines is 1. The Morgan fingerprint density at radius 3 is 2.18 bits per heavy atom. The topological polar surface area (TPSA) is 238 Å². The van der Waals surface area contributed by atoms with Crippen LogP contribution in [0.3, 0.4) is 0 Å². The molecule has 15 nitrogen and oxygen atoms in total. The predicted molar refractivity (Wildman–Crippen MR) is 181 cm³/mol. The van der Waals surface area contributed by atoms with Gasteiger partial charge in [0.05, 0.1) is 49.6 Å². The highest BCUT2D eigenvalue weighted by Gasteiger charge is 2.68. The Kier molecular flexibility index (Phi) is 9.98. The number of methoxy groups -OCH3 is 1. The number of phenols is 1. The van der Waals surface area contributed by atoms with Crippen molar-refractivity contribution in [2.75, 3.05) is 39.7 Å². The van der Waals surface area contributed by atoms with Gasteiger partial charge < -0.3 is 50.4 Å². The average Bonchev–Trinajstić information content (AvgIpc) is 3.06. The van der Waals surface area contributed by atoms with Gasteiger partial charge in [0.1, 0.15) is 28.6 Å². The van der Waals surface area contributed by atoms with Gasteiger partial charge >= 0.3 is 7.60 Å². The van der Waals surface area contributed by atoms with Crippen LogP contribution in [0.25, 0.3) is 5.76 Å². The van der Waals surface area contributed by atoms with Crippen LogP contribution in [0.1, 0.15) is 49.2 Å². The molecule has 50 heavy (non-hydrogen) atoms. The van der Waals surface area contributed by atoms with Gasteiger partial charge in [-0.05, 0) is 63.2 Å². The van der Waals surface area contributed by atoms with E-state index < -0.39 is 94.8 Å². The van der Waals surface area contributed by atoms with E-state index in [0.717, 1.165) is 0 Å². The van der Waals surface area contributed by atoms with Crippen molar-refractivity contribution in [3.05, 3.63) is 70.0 Å². The van der Waals surface area contributed by atoms with Crippen LogP contribution < -0.4 is 15.8 Å². The van der Waals surface area contributed by atoms with Crippen LogP contribution >= 0.6 is 7.60 Å². The lowest BCUT2D eigenvalue weighted by Crippen LogP contribution is -2.70. The van der Waals surface area contributed by atoms with Crippen molar-refractivity contribution >= 4 is 36.5 Å². The molecule has 1 amide bonds. The minimum Gasteiger partial charge on any atom is -0.508 e. The number of aliphatic hydroxyl groups excluding tert-OH is 3. The number of aliphatic hydroxyl groups is 4. The Morgan fingerprint density at radius 2 is 1.66 bits per heavy atom. The molecule has 0 radical (unpaired) electrons. The van der Waals surface area contributed by atoms with Crippen LogP contribution in [0.15, 0.2) is 53.3 Å². The number of ether oxygens (including phenoxy) is 1. The third kappa shape index (κ3) is 5.49. The molecular formula is C34H42N3O12P. The standard InChI is InChI=1S/C34H42N3O12P/c1-7-48-50(46,49-8-2)33(16-9-11-17(47-6)12-10-16)36-19-14-13-18-15(3)20-22(27(39)21(18)26(19)38)30(42)34(45)24(28(20)40)25(37(4)5)29(41)23(31(34)43)32(35)44/h9-15,20,24-25,28,33,36,38-40,43,45H,7-8H2,1-6H3,(H2,35,44). The van der Waals surface area contributed by atoms with Crippen LogP contribution in [0, 0.1) is 11.8 Å². The van der Waals surface area contributed by atoms with Gasteiger partial charge in [-0.3, -0.25) is 23.8 Å². The number of fused-ring (bicyclic) bond motifs is 3. The van der Waals surface area contributed by atoms with E-state index >= 15 is 0 Å². The fourth-order valence-corrected chi connectivity index (χ4v) is 9.48. The first-order chi connectivity index (χ1) is 23.5. The molecule has 0 heterocycles. The minimum atomic E-state index is -3.98. The summed E-state index contributed by atoms with van der Waals surface area (Å²) >= 11 is 0. The van der Waals surface area contributed by atoms with Crippen molar-refractivity contribution in [3.8, 4) is 11.5 Å². The zero-order chi connectivity index (χ0) is 37.0. The van der Waals surface area contributed by atoms with Crippen LogP contribution in [-0.4, -0.2) is 100 Å². The molecule has 0 bridgehead atoms. The molecule has 0 saturated heterocycles. The number of carbonyl (C=O) groups excluding carboxylic acids is 3. The first kappa shape index (κ1) is 37.0. The largest absolute Gasteiger partial charge is 0.508 e. The summed E-state index contributed by atoms with van der Waals surface area (Å²) in [5.41, 5.74) is 1.27. The second-order valence-electron chi connectivity index (χ2n) is 12.7. The molecular weight excluding hydrogens is 673 g/mol. The van der Waals surface area contributed by atoms with Gasteiger partial charge in [0.15, 0.2) is 17.2 Å². The first-order valence-corrected chi connectivity index (χ1v) is 17.6. The SMILES string of the molecule is CCOP(=O)(OCC)C(Nc1ccc2c(c1O)C(O)=C1C(=O)C3(O)C(O)=C(C(N)=O)C(=O)C(N(C)C)C3C(O)C1C2C)c1ccc(OC)cc1. The van der Waals surface area contributed by atoms with Crippen molar-refractivity contribution < 1.29 is 58.3 Å². The molecule has 270 valence electrons. The molecule has 16 heteroatoms. The number of phenolic OH excluding ortho intramolecular Hbond substituents is 1. The van der Waals surface area contributed by atoms with Crippen LogP contribution in [-0.2, 0) is 28.0 Å². The normalized spacial score (nSPS) is 27.1. The lowest BCUT2D eigenvalue weighted by atomic mass is 9.54. The molecule has 0 aliphatic heterocycles. The maximum absolute atomic E-state index is 14.3. The molecule has 3 aliphatic carbocycles. The van der Waals surface area contributed by atoms with E-state index in [2.05, 4.69) is 5.32 Å². The number of carbonyl (C=O) groups is 3. The number of amides is 1. The third-order valence-electron chi connectivity index (χ3n) is 9.79. The molecule has 1 fully saturated rings. The molecule has 2 aromatic carbocycles. The molecule has 1 saturated carbocycles. The minimum absolute atomic E-state index is 0.0287. The number of nitrogens with one attached hydrogen (secondary N) is 1. The highest BCUT2D eigenvalue weighted by Crippen LogP contribution is 2.62. The Morgan fingerprint density at radius 1 is 1.06 bits per heavy atom. The van der Waals surface area contributed by atoms with Crippen molar-refractivity contribution in [1.29, 1.82) is 0 Å². The van der Waals surface area contributed by atoms with E-state index in [9.17, 15) is 44.5 Å². The van der Waals surface area contributed by atoms with E-state index in [1.165, 1.54) is 32.2 Å². The quantitative estimate of drug-likeness (QED) is 0.101. The highest BCUT2D eigenvalue weighted by molar-refractivity contribution is 7.54. The Hall–Kier alpha value is -4.24. The molecule has 7 atom stereocenters. The molecule has 8 N–H and O–H groups in total. The number of nitrogens with two attached hydrogens (primary N) is 1. The first-order valence-electron chi connectivity index (χ1n) is 16.0. The summed E-state index contributed by atoms with van der Waals surface area (Å²) in [7, 11) is 0.380. The van der Waals surface area contributed by atoms with Gasteiger partial charge in [0.2, 0.25) is 5.78 Å². The van der Waals surface area contributed by atoms with Gasteiger partial charge in [0.25, 0.3) is 5.91 Å². The van der Waals surface area contributed by atoms with Gasteiger partial charge in [0, 0.05) is 11.5 Å². The van der Waals surface area contributed by atoms with Crippen molar-refractivity contribution in [1.82, 2.24) is 4.90 Å². The lowest BCUT2D eigenvalue weighted by Gasteiger charge is -2.53. The smallest absolute Gasteiger partial charge is 0.357 e. The molecule has 5 rings (SSSR count). The Balaban J connectivity index is 1.69. The fraction of sp³-hybridized carbons (Fsp3) is 0.441. The zero-order valence-corrected chi connectivity index (χ0v) is 29.3. The zero-order valence-electron chi connectivity index (χ0n) is 28.4. The van der Waals surface area contributed by atoms with Crippen LogP contribution in [0.5, 0.6) is 11.5 Å². The van der Waals surface area contributed by atoms with E-state index in [-0.39, 0.29) is 24.5 Å². The van der Waals surface area contributed by atoms with Gasteiger partial charge in [-0.1, -0.05) is 25.1 Å². The number of Topliss-reactive ketones (excluding diaryl/α,β-unsaturated/α-hetero) is 2. The van der Waals surface area contributed by atoms with Crippen molar-refractivity contribution in [3.63, 3.8) is 0 Å². The maximum atomic E-state index is 14.3. The van der Waals surface area contributed by atoms with Crippen molar-refractivity contribution in [2.24, 2.45) is 17.6 Å². The summed E-state index contributed by atoms with van der Waals surface area (Å²) in [5, 5.41) is 61.4. The number of primary amides is 1. The van der Waals surface area contributed by atoms with E-state index in [1.54, 1.807) is 51.1 Å². The summed E-state index contributed by atoms with van der Waals surface area (Å²) < 4.78 is 30.7. The number of benzene rings is 2. The highest BCUT2D eigenvalue weighted by atomic mass is 31.2. The number of hydrogen-bond acceptors (Lipinski definition) is 14. The van der Waals surface area contributed by atoms with Crippen LogP contribution in [0.4, 0.5) is 5.69 Å². The molecule has 7 unspecified atom stereocenters. The molecule has 0 aromatic heterocycles. The monoisotopic (exact) mass is 715 g/mol. The fourth-order valence-electron chi connectivity index (χ4n) is 7.56. The van der Waals surface area contributed by atoms with E-state index in [4.69, 9.17) is 19.5 Å². The molecule has 3 aliphatic rings. The summed E-state index contributed by atoms with van der Waals surface area (Å²) in [6.45, 7) is 4.97. The van der Waals surface area contributed by atoms with E-state index in [1.807, 2.05) is 0 Å². The van der Waals surface area contributed by atoms with Crippen LogP contribution in [0.2, 0.25) is 0 Å². The number of ketones is 2. The number of nitrogens with zero attached hydrogens (tertiary/aromatic N) is 1. The summed E-state index contributed by atoms with van der Waals surface area (Å²) in [5.74, 6) is -10.7. The molecule has 2 aromatic rings. The van der Waals surface area contributed by atoms with Gasteiger partial charge in [-0.25, -0.2) is 0 Å². The third-order valence-corrected chi connectivity index (χ3v) is 12.1. The summed E-state index contributed by atoms with van der Waals surface area (Å²) in [6.07, 6.45) is -1.73. The second kappa shape index (κ2) is 13.5. The van der Waals surface area contributed by atoms with Gasteiger partial charge in [-0.2, -0.15) is 0 Å². The maximum Gasteiger partial charge on any atom is 0.357 e. The predicted octanol–water partition coefficient (Wildman–Crippen LogP) is 2.88. The summed E-state index contributed by atoms with van der Waals surface area (Å²) in [4.78, 5) is 41.3. The molecule has 0 spiro atoms. The lowest BCUT2D eigenvalue weighted by molar-refractivity contribution is -0.169. The Labute approximate surface area is 288 Å². The van der Waals surface area contributed by atoms with Crippen molar-refractivity contribution in [2.45, 2.75) is 50.2 Å². The van der Waals surface area contributed by atoms with Gasteiger partial charge in [-0.15, -0.1) is 0 Å².